The van der Waals surface area contributed by atoms with Crippen molar-refractivity contribution in [1.82, 2.24) is 10.3 Å². The molecule has 8 nitrogen and oxygen atoms in total. The zero-order valence-electron chi connectivity index (χ0n) is 13.9. The van der Waals surface area contributed by atoms with Crippen molar-refractivity contribution in [2.75, 3.05) is 6.26 Å². The van der Waals surface area contributed by atoms with E-state index in [4.69, 9.17) is 11.6 Å². The molecule has 0 radical (unpaired) electrons. The predicted molar refractivity (Wildman–Crippen MR) is 102 cm³/mol. The summed E-state index contributed by atoms with van der Waals surface area (Å²) in [5.41, 5.74) is 0.637. The summed E-state index contributed by atoms with van der Waals surface area (Å²) in [4.78, 5) is 28.1. The van der Waals surface area contributed by atoms with Crippen molar-refractivity contribution in [1.29, 1.82) is 0 Å². The average Bonchev–Trinajstić information content (AvgIpc) is 2.67. The highest BCUT2D eigenvalue weighted by atomic mass is 35.5. The van der Waals surface area contributed by atoms with Gasteiger partial charge >= 0.3 is 0 Å². The van der Waals surface area contributed by atoms with Gasteiger partial charge in [-0.25, -0.2) is 5.01 Å². The number of thioether (sulfide) groups is 1. The van der Waals surface area contributed by atoms with Crippen LogP contribution in [0, 0.1) is 10.1 Å². The summed E-state index contributed by atoms with van der Waals surface area (Å²) in [5.74, 6) is -0.301. The lowest BCUT2D eigenvalue weighted by atomic mass is 10.1. The molecular formula is C17H12ClN5O3S. The van der Waals surface area contributed by atoms with Gasteiger partial charge in [0.1, 0.15) is 10.7 Å². The summed E-state index contributed by atoms with van der Waals surface area (Å²) < 4.78 is 0. The SMILES string of the molecule is CSC1=NN2C(=c3ccccc3=N[C@@H]2c2ccc(Cl)c([N+](=O)[O-])c2)C(=O)N1. The summed E-state index contributed by atoms with van der Waals surface area (Å²) >= 11 is 7.22. The topological polar surface area (TPSA) is 100 Å². The number of fused-ring (bicyclic) bond motifs is 2. The van der Waals surface area contributed by atoms with Crippen LogP contribution in [-0.4, -0.2) is 27.3 Å². The molecule has 136 valence electrons. The second kappa shape index (κ2) is 6.67. The van der Waals surface area contributed by atoms with Crippen LogP contribution in [0.1, 0.15) is 11.7 Å². The Morgan fingerprint density at radius 3 is 2.81 bits per heavy atom. The van der Waals surface area contributed by atoms with Gasteiger partial charge in [-0.05, 0) is 18.4 Å². The first-order valence-electron chi connectivity index (χ1n) is 7.84. The van der Waals surface area contributed by atoms with Gasteiger partial charge in [0.15, 0.2) is 11.3 Å². The minimum absolute atomic E-state index is 0.0360. The van der Waals surface area contributed by atoms with E-state index in [0.717, 1.165) is 0 Å². The molecule has 0 saturated heterocycles. The van der Waals surface area contributed by atoms with E-state index in [-0.39, 0.29) is 16.6 Å². The van der Waals surface area contributed by atoms with E-state index in [9.17, 15) is 14.9 Å². The van der Waals surface area contributed by atoms with Gasteiger partial charge in [0.25, 0.3) is 11.6 Å². The van der Waals surface area contributed by atoms with Crippen molar-refractivity contribution in [3.63, 3.8) is 0 Å². The number of para-hydroxylation sites is 1. The molecule has 2 aromatic rings. The molecule has 1 atom stereocenters. The molecular weight excluding hydrogens is 390 g/mol. The molecule has 1 amide bonds. The lowest BCUT2D eigenvalue weighted by Gasteiger charge is -2.33. The number of hydrogen-bond donors (Lipinski definition) is 1. The molecule has 4 rings (SSSR count). The third-order valence-corrected chi connectivity index (χ3v) is 5.06. The number of carbonyl (C=O) groups excluding carboxylic acids is 1. The Kier molecular flexibility index (Phi) is 4.33. The minimum Gasteiger partial charge on any atom is -0.298 e. The van der Waals surface area contributed by atoms with Gasteiger partial charge in [-0.15, -0.1) is 5.10 Å². The molecule has 0 fully saturated rings. The number of amides is 1. The Morgan fingerprint density at radius 1 is 1.30 bits per heavy atom. The number of benzene rings is 2. The first kappa shape index (κ1) is 17.5. The maximum atomic E-state index is 12.7. The smallest absolute Gasteiger partial charge is 0.288 e. The van der Waals surface area contributed by atoms with Crippen LogP contribution < -0.4 is 15.9 Å². The molecule has 2 heterocycles. The number of nitro benzene ring substituents is 1. The van der Waals surface area contributed by atoms with Crippen LogP contribution in [-0.2, 0) is 4.79 Å². The molecule has 1 N–H and O–H groups in total. The van der Waals surface area contributed by atoms with Gasteiger partial charge in [0.2, 0.25) is 0 Å². The second-order valence-corrected chi connectivity index (χ2v) is 6.95. The number of nitrogens with zero attached hydrogens (tertiary/aromatic N) is 4. The van der Waals surface area contributed by atoms with Crippen molar-refractivity contribution in [3.05, 3.63) is 73.7 Å². The first-order chi connectivity index (χ1) is 13.0. The third-order valence-electron chi connectivity index (χ3n) is 4.17. The van der Waals surface area contributed by atoms with Gasteiger partial charge in [-0.3, -0.25) is 25.2 Å². The Labute approximate surface area is 162 Å². The Hall–Kier alpha value is -2.91. The van der Waals surface area contributed by atoms with Crippen molar-refractivity contribution >= 4 is 45.8 Å². The van der Waals surface area contributed by atoms with Gasteiger partial charge in [0.05, 0.1) is 10.3 Å². The van der Waals surface area contributed by atoms with Crippen LogP contribution >= 0.6 is 23.4 Å². The molecule has 2 aromatic carbocycles. The number of nitrogens with one attached hydrogen (secondary N) is 1. The van der Waals surface area contributed by atoms with Gasteiger partial charge in [-0.1, -0.05) is 47.6 Å². The number of hydrogen-bond acceptors (Lipinski definition) is 7. The Morgan fingerprint density at radius 2 is 2.07 bits per heavy atom. The van der Waals surface area contributed by atoms with Crippen LogP contribution in [0.3, 0.4) is 0 Å². The second-order valence-electron chi connectivity index (χ2n) is 5.74. The standard InChI is InChI=1S/C17H12ClN5O3S/c1-27-17-20-16(24)14-10-4-2-3-5-12(10)19-15(22(14)21-17)9-6-7-11(18)13(8-9)23(25)26/h2-8,15H,1H3,(H,20,21,24)/t15-/m0/s1. The fourth-order valence-electron chi connectivity index (χ4n) is 2.97. The Balaban J connectivity index is 1.97. The van der Waals surface area contributed by atoms with Crippen LogP contribution in [0.15, 0.2) is 52.6 Å². The number of hydrazone groups is 1. The zero-order valence-corrected chi connectivity index (χ0v) is 15.5. The van der Waals surface area contributed by atoms with Crippen molar-refractivity contribution in [2.45, 2.75) is 6.17 Å². The van der Waals surface area contributed by atoms with Gasteiger partial charge < -0.3 is 0 Å². The molecule has 0 aliphatic carbocycles. The lowest BCUT2D eigenvalue weighted by molar-refractivity contribution is -0.384. The van der Waals surface area contributed by atoms with E-state index in [2.05, 4.69) is 15.4 Å². The molecule has 10 heteroatoms. The Bertz CT molecular complexity index is 1130. The highest BCUT2D eigenvalue weighted by molar-refractivity contribution is 8.13. The van der Waals surface area contributed by atoms with Gasteiger partial charge in [-0.2, -0.15) is 0 Å². The summed E-state index contributed by atoms with van der Waals surface area (Å²) in [6.07, 6.45) is 1.07. The average molecular weight is 402 g/mol. The highest BCUT2D eigenvalue weighted by Gasteiger charge is 2.34. The maximum Gasteiger partial charge on any atom is 0.288 e. The van der Waals surface area contributed by atoms with Gasteiger partial charge in [0, 0.05) is 16.8 Å². The molecule has 0 spiro atoms. The summed E-state index contributed by atoms with van der Waals surface area (Å²) in [5, 5.41) is 21.7. The monoisotopic (exact) mass is 401 g/mol. The van der Waals surface area contributed by atoms with Crippen molar-refractivity contribution < 1.29 is 9.72 Å². The number of halogens is 1. The quantitative estimate of drug-likeness (QED) is 0.610. The lowest BCUT2D eigenvalue weighted by Crippen LogP contribution is -2.50. The van der Waals surface area contributed by atoms with Crippen LogP contribution in [0.25, 0.3) is 5.70 Å². The number of amidine groups is 1. The molecule has 27 heavy (non-hydrogen) atoms. The largest absolute Gasteiger partial charge is 0.298 e. The van der Waals surface area contributed by atoms with Crippen LogP contribution in [0.5, 0.6) is 0 Å². The fourth-order valence-corrected chi connectivity index (χ4v) is 3.52. The predicted octanol–water partition coefficient (Wildman–Crippen LogP) is 1.75. The first-order valence-corrected chi connectivity index (χ1v) is 9.44. The summed E-state index contributed by atoms with van der Waals surface area (Å²) in [7, 11) is 0. The van der Waals surface area contributed by atoms with Crippen molar-refractivity contribution in [2.24, 2.45) is 10.1 Å². The maximum absolute atomic E-state index is 12.7. The van der Waals surface area contributed by atoms with E-state index in [1.807, 2.05) is 12.1 Å². The zero-order chi connectivity index (χ0) is 19.1. The summed E-state index contributed by atoms with van der Waals surface area (Å²) in [6, 6.07) is 11.7. The molecule has 2 aliphatic rings. The molecule has 2 aliphatic heterocycles. The number of rotatable bonds is 2. The molecule has 0 bridgehead atoms. The van der Waals surface area contributed by atoms with E-state index in [1.54, 1.807) is 24.5 Å². The highest BCUT2D eigenvalue weighted by Crippen LogP contribution is 2.34. The van der Waals surface area contributed by atoms with E-state index < -0.39 is 11.1 Å². The fraction of sp³-hybridized carbons (Fsp3) is 0.118. The minimum atomic E-state index is -0.723. The van der Waals surface area contributed by atoms with Crippen molar-refractivity contribution in [3.8, 4) is 0 Å². The number of nitro groups is 1. The molecule has 0 saturated carbocycles. The number of carbonyl (C=O) groups is 1. The van der Waals surface area contributed by atoms with E-state index in [1.165, 1.54) is 28.9 Å². The summed E-state index contributed by atoms with van der Waals surface area (Å²) in [6.45, 7) is 0. The van der Waals surface area contributed by atoms with Crippen LogP contribution in [0.2, 0.25) is 5.02 Å². The van der Waals surface area contributed by atoms with Crippen LogP contribution in [0.4, 0.5) is 5.69 Å². The third kappa shape index (κ3) is 2.94. The van der Waals surface area contributed by atoms with E-state index >= 15 is 0 Å². The molecule has 0 unspecified atom stereocenters. The van der Waals surface area contributed by atoms with E-state index in [0.29, 0.717) is 27.0 Å². The molecule has 0 aromatic heterocycles. The normalized spacial score (nSPS) is 18.1.